The monoisotopic (exact) mass is 300 g/mol. The quantitative estimate of drug-likeness (QED) is 0.894. The second kappa shape index (κ2) is 4.42. The SMILES string of the molecule is COC1CC(Nc2nc(N)ncc2Br)C1(C)C. The van der Waals surface area contributed by atoms with E-state index in [0.717, 1.165) is 16.7 Å². The molecule has 3 N–H and O–H groups in total. The summed E-state index contributed by atoms with van der Waals surface area (Å²) < 4.78 is 6.24. The number of nitrogens with two attached hydrogens (primary N) is 1. The number of aromatic nitrogens is 2. The van der Waals surface area contributed by atoms with E-state index in [1.54, 1.807) is 13.3 Å². The topological polar surface area (TPSA) is 73.1 Å². The molecule has 1 aliphatic carbocycles. The first-order chi connectivity index (χ1) is 7.95. The number of hydrogen-bond donors (Lipinski definition) is 2. The summed E-state index contributed by atoms with van der Waals surface area (Å²) in [7, 11) is 1.75. The highest BCUT2D eigenvalue weighted by molar-refractivity contribution is 9.10. The van der Waals surface area contributed by atoms with Gasteiger partial charge in [0.05, 0.1) is 10.6 Å². The summed E-state index contributed by atoms with van der Waals surface area (Å²) in [6.45, 7) is 4.36. The molecule has 1 aliphatic rings. The highest BCUT2D eigenvalue weighted by atomic mass is 79.9. The summed E-state index contributed by atoms with van der Waals surface area (Å²) in [5.74, 6) is 1.02. The minimum absolute atomic E-state index is 0.0912. The largest absolute Gasteiger partial charge is 0.381 e. The molecule has 0 amide bonds. The Labute approximate surface area is 109 Å². The van der Waals surface area contributed by atoms with Crippen LogP contribution in [0.3, 0.4) is 0 Å². The summed E-state index contributed by atoms with van der Waals surface area (Å²) in [6.07, 6.45) is 2.92. The molecule has 6 heteroatoms. The lowest BCUT2D eigenvalue weighted by atomic mass is 9.64. The molecule has 0 aromatic carbocycles. The molecule has 1 fully saturated rings. The molecule has 1 aromatic heterocycles. The normalized spacial score (nSPS) is 26.4. The van der Waals surface area contributed by atoms with Crippen molar-refractivity contribution in [2.24, 2.45) is 5.41 Å². The molecule has 1 heterocycles. The third-order valence-electron chi connectivity index (χ3n) is 3.54. The molecule has 5 nitrogen and oxygen atoms in total. The number of anilines is 2. The number of ether oxygens (including phenoxy) is 1. The van der Waals surface area contributed by atoms with Crippen molar-refractivity contribution in [2.75, 3.05) is 18.2 Å². The lowest BCUT2D eigenvalue weighted by Crippen LogP contribution is -2.57. The smallest absolute Gasteiger partial charge is 0.221 e. The Morgan fingerprint density at radius 3 is 2.88 bits per heavy atom. The van der Waals surface area contributed by atoms with Crippen LogP contribution in [0.5, 0.6) is 0 Å². The van der Waals surface area contributed by atoms with Gasteiger partial charge in [0.1, 0.15) is 5.82 Å². The molecule has 0 bridgehead atoms. The van der Waals surface area contributed by atoms with Gasteiger partial charge in [-0.1, -0.05) is 13.8 Å². The minimum Gasteiger partial charge on any atom is -0.381 e. The van der Waals surface area contributed by atoms with Gasteiger partial charge in [-0.05, 0) is 22.4 Å². The fourth-order valence-corrected chi connectivity index (χ4v) is 2.48. The van der Waals surface area contributed by atoms with Crippen LogP contribution in [0.4, 0.5) is 11.8 Å². The number of hydrogen-bond acceptors (Lipinski definition) is 5. The van der Waals surface area contributed by atoms with Gasteiger partial charge in [-0.25, -0.2) is 4.98 Å². The maximum absolute atomic E-state index is 5.58. The number of methoxy groups -OCH3 is 1. The molecule has 0 aliphatic heterocycles. The fourth-order valence-electron chi connectivity index (χ4n) is 2.18. The Hall–Kier alpha value is -0.880. The van der Waals surface area contributed by atoms with Gasteiger partial charge in [0, 0.05) is 24.8 Å². The lowest BCUT2D eigenvalue weighted by Gasteiger charge is -2.51. The van der Waals surface area contributed by atoms with Crippen LogP contribution in [-0.4, -0.2) is 29.2 Å². The lowest BCUT2D eigenvalue weighted by molar-refractivity contribution is -0.0795. The van der Waals surface area contributed by atoms with Gasteiger partial charge < -0.3 is 15.8 Å². The van der Waals surface area contributed by atoms with Crippen LogP contribution in [-0.2, 0) is 4.74 Å². The molecule has 2 rings (SSSR count). The van der Waals surface area contributed by atoms with Gasteiger partial charge >= 0.3 is 0 Å². The van der Waals surface area contributed by atoms with Crippen molar-refractivity contribution in [3.05, 3.63) is 10.7 Å². The highest BCUT2D eigenvalue weighted by Gasteiger charge is 2.48. The zero-order valence-electron chi connectivity index (χ0n) is 10.2. The predicted octanol–water partition coefficient (Wildman–Crippen LogP) is 2.05. The first-order valence-corrected chi connectivity index (χ1v) is 6.31. The molecular weight excluding hydrogens is 284 g/mol. The third kappa shape index (κ3) is 2.24. The Morgan fingerprint density at radius 2 is 2.29 bits per heavy atom. The van der Waals surface area contributed by atoms with Crippen molar-refractivity contribution < 1.29 is 4.74 Å². The Morgan fingerprint density at radius 1 is 1.59 bits per heavy atom. The summed E-state index contributed by atoms with van der Waals surface area (Å²) in [6, 6.07) is 0.332. The highest BCUT2D eigenvalue weighted by Crippen LogP contribution is 2.44. The second-order valence-corrected chi connectivity index (χ2v) is 5.76. The summed E-state index contributed by atoms with van der Waals surface area (Å²) in [5, 5.41) is 3.38. The van der Waals surface area contributed by atoms with Gasteiger partial charge in [-0.2, -0.15) is 4.98 Å². The fraction of sp³-hybridized carbons (Fsp3) is 0.636. The van der Waals surface area contributed by atoms with E-state index < -0.39 is 0 Å². The molecule has 0 spiro atoms. The van der Waals surface area contributed by atoms with Gasteiger partial charge in [0.15, 0.2) is 0 Å². The van der Waals surface area contributed by atoms with Gasteiger partial charge in [0.2, 0.25) is 5.95 Å². The van der Waals surface area contributed by atoms with E-state index in [2.05, 4.69) is 45.1 Å². The standard InChI is InChI=1S/C11H17BrN4O/c1-11(2)7(4-8(11)17-3)15-9-6(12)5-14-10(13)16-9/h5,7-8H,4H2,1-3H3,(H3,13,14,15,16). The van der Waals surface area contributed by atoms with Crippen molar-refractivity contribution >= 4 is 27.7 Å². The molecule has 17 heavy (non-hydrogen) atoms. The van der Waals surface area contributed by atoms with Crippen molar-refractivity contribution in [1.29, 1.82) is 0 Å². The maximum atomic E-state index is 5.58. The zero-order chi connectivity index (χ0) is 12.6. The van der Waals surface area contributed by atoms with Crippen LogP contribution >= 0.6 is 15.9 Å². The molecule has 0 saturated heterocycles. The van der Waals surface area contributed by atoms with Crippen LogP contribution in [0.25, 0.3) is 0 Å². The van der Waals surface area contributed by atoms with Crippen LogP contribution in [0, 0.1) is 5.41 Å². The molecule has 1 saturated carbocycles. The van der Waals surface area contributed by atoms with Crippen LogP contribution in [0.15, 0.2) is 10.7 Å². The number of rotatable bonds is 3. The minimum atomic E-state index is 0.0912. The Balaban J connectivity index is 2.10. The first kappa shape index (κ1) is 12.6. The number of nitrogens with one attached hydrogen (secondary N) is 1. The number of halogens is 1. The van der Waals surface area contributed by atoms with Crippen LogP contribution < -0.4 is 11.1 Å². The Bertz CT molecular complexity index is 424. The second-order valence-electron chi connectivity index (χ2n) is 4.90. The predicted molar refractivity (Wildman–Crippen MR) is 70.8 cm³/mol. The zero-order valence-corrected chi connectivity index (χ0v) is 11.8. The molecule has 0 radical (unpaired) electrons. The van der Waals surface area contributed by atoms with E-state index in [9.17, 15) is 0 Å². The van der Waals surface area contributed by atoms with E-state index in [0.29, 0.717) is 6.04 Å². The van der Waals surface area contributed by atoms with Crippen LogP contribution in [0.1, 0.15) is 20.3 Å². The van der Waals surface area contributed by atoms with Crippen molar-refractivity contribution in [3.63, 3.8) is 0 Å². The molecule has 94 valence electrons. The summed E-state index contributed by atoms with van der Waals surface area (Å²) in [5.41, 5.74) is 5.67. The van der Waals surface area contributed by atoms with E-state index in [1.165, 1.54) is 0 Å². The van der Waals surface area contributed by atoms with E-state index in [-0.39, 0.29) is 17.5 Å². The average Bonchev–Trinajstić information content (AvgIpc) is 2.28. The van der Waals surface area contributed by atoms with Crippen molar-refractivity contribution in [3.8, 4) is 0 Å². The van der Waals surface area contributed by atoms with Crippen LogP contribution in [0.2, 0.25) is 0 Å². The third-order valence-corrected chi connectivity index (χ3v) is 4.12. The van der Waals surface area contributed by atoms with Gasteiger partial charge in [0.25, 0.3) is 0 Å². The first-order valence-electron chi connectivity index (χ1n) is 5.52. The number of nitrogens with zero attached hydrogens (tertiary/aromatic N) is 2. The summed E-state index contributed by atoms with van der Waals surface area (Å²) in [4.78, 5) is 8.09. The number of nitrogen functional groups attached to an aromatic ring is 1. The average molecular weight is 301 g/mol. The van der Waals surface area contributed by atoms with E-state index in [4.69, 9.17) is 10.5 Å². The molecule has 1 aromatic rings. The van der Waals surface area contributed by atoms with Crippen molar-refractivity contribution in [1.82, 2.24) is 9.97 Å². The molecule has 2 unspecified atom stereocenters. The molecular formula is C11H17BrN4O. The van der Waals surface area contributed by atoms with E-state index in [1.807, 2.05) is 0 Å². The Kier molecular flexibility index (Phi) is 3.27. The van der Waals surface area contributed by atoms with E-state index >= 15 is 0 Å². The van der Waals surface area contributed by atoms with Gasteiger partial charge in [-0.3, -0.25) is 0 Å². The molecule has 2 atom stereocenters. The van der Waals surface area contributed by atoms with Gasteiger partial charge in [-0.15, -0.1) is 0 Å². The summed E-state index contributed by atoms with van der Waals surface area (Å²) >= 11 is 3.41. The van der Waals surface area contributed by atoms with Crippen molar-refractivity contribution in [2.45, 2.75) is 32.4 Å². The maximum Gasteiger partial charge on any atom is 0.221 e.